The van der Waals surface area contributed by atoms with Crippen LogP contribution < -0.4 is 5.32 Å². The highest BCUT2D eigenvalue weighted by Crippen LogP contribution is 2.17. The van der Waals surface area contributed by atoms with Crippen molar-refractivity contribution in [2.75, 3.05) is 25.4 Å². The zero-order valence-electron chi connectivity index (χ0n) is 9.05. The summed E-state index contributed by atoms with van der Waals surface area (Å²) in [6.45, 7) is 2.64. The molecular weight excluding hydrogens is 232 g/mol. The van der Waals surface area contributed by atoms with E-state index < -0.39 is 24.6 Å². The molecule has 1 saturated heterocycles. The van der Waals surface area contributed by atoms with Gasteiger partial charge in [0.1, 0.15) is 0 Å². The second-order valence-electron chi connectivity index (χ2n) is 3.65. The first-order valence-electron chi connectivity index (χ1n) is 5.05. The van der Waals surface area contributed by atoms with Crippen molar-refractivity contribution in [3.05, 3.63) is 0 Å². The number of thioether (sulfide) groups is 1. The minimum Gasteiger partial charge on any atom is -0.480 e. The van der Waals surface area contributed by atoms with Gasteiger partial charge in [0, 0.05) is 24.1 Å². The Morgan fingerprint density at radius 1 is 1.62 bits per heavy atom. The summed E-state index contributed by atoms with van der Waals surface area (Å²) in [6, 6.07) is -1.65. The van der Waals surface area contributed by atoms with Gasteiger partial charge in [0.15, 0.2) is 6.04 Å². The number of rotatable bonds is 3. The highest BCUT2D eigenvalue weighted by atomic mass is 32.2. The minimum absolute atomic E-state index is 0.358. The number of aliphatic hydroxyl groups is 1. The predicted octanol–water partition coefficient (Wildman–Crippen LogP) is -0.421. The van der Waals surface area contributed by atoms with Gasteiger partial charge in [0.05, 0.1) is 6.61 Å². The van der Waals surface area contributed by atoms with Crippen LogP contribution in [0.3, 0.4) is 0 Å². The van der Waals surface area contributed by atoms with E-state index in [0.29, 0.717) is 18.3 Å². The number of hydrogen-bond acceptors (Lipinski definition) is 4. The van der Waals surface area contributed by atoms with Crippen molar-refractivity contribution in [3.8, 4) is 0 Å². The third-order valence-corrected chi connectivity index (χ3v) is 3.44. The minimum atomic E-state index is -1.23. The topological polar surface area (TPSA) is 89.9 Å². The number of carbonyl (C=O) groups excluding carboxylic acids is 1. The largest absolute Gasteiger partial charge is 0.480 e. The molecule has 0 aromatic carbocycles. The van der Waals surface area contributed by atoms with Crippen molar-refractivity contribution in [3.63, 3.8) is 0 Å². The maximum atomic E-state index is 11.6. The van der Waals surface area contributed by atoms with Crippen molar-refractivity contribution in [1.82, 2.24) is 10.2 Å². The molecule has 1 heterocycles. The Balaban J connectivity index is 2.47. The molecule has 1 aliphatic rings. The lowest BCUT2D eigenvalue weighted by Crippen LogP contribution is -2.52. The SMILES string of the molecule is CC1CN(C(=O)NC(CO)C(=O)O)CCS1. The Bertz CT molecular complexity index is 274. The smallest absolute Gasteiger partial charge is 0.328 e. The molecule has 0 aromatic rings. The van der Waals surface area contributed by atoms with Crippen molar-refractivity contribution in [2.45, 2.75) is 18.2 Å². The maximum absolute atomic E-state index is 11.6. The van der Waals surface area contributed by atoms with Gasteiger partial charge in [-0.25, -0.2) is 9.59 Å². The Kier molecular flexibility index (Phi) is 4.88. The highest BCUT2D eigenvalue weighted by Gasteiger charge is 2.25. The number of carboxylic acids is 1. The van der Waals surface area contributed by atoms with Crippen LogP contribution in [-0.4, -0.2) is 63.9 Å². The van der Waals surface area contributed by atoms with Crippen LogP contribution in [0.5, 0.6) is 0 Å². The van der Waals surface area contributed by atoms with E-state index in [9.17, 15) is 9.59 Å². The number of nitrogens with zero attached hydrogens (tertiary/aromatic N) is 1. The maximum Gasteiger partial charge on any atom is 0.328 e. The molecule has 0 radical (unpaired) electrons. The van der Waals surface area contributed by atoms with Gasteiger partial charge in [0.2, 0.25) is 0 Å². The van der Waals surface area contributed by atoms with Crippen LogP contribution >= 0.6 is 11.8 Å². The van der Waals surface area contributed by atoms with Crippen molar-refractivity contribution < 1.29 is 19.8 Å². The summed E-state index contributed by atoms with van der Waals surface area (Å²) in [5.41, 5.74) is 0. The quantitative estimate of drug-likeness (QED) is 0.631. The number of aliphatic hydroxyl groups excluding tert-OH is 1. The first kappa shape index (κ1) is 13.1. The number of hydrogen-bond donors (Lipinski definition) is 3. The van der Waals surface area contributed by atoms with E-state index in [1.165, 1.54) is 0 Å². The summed E-state index contributed by atoms with van der Waals surface area (Å²) in [6.07, 6.45) is 0. The van der Waals surface area contributed by atoms with Gasteiger partial charge < -0.3 is 20.4 Å². The Morgan fingerprint density at radius 2 is 2.31 bits per heavy atom. The second-order valence-corrected chi connectivity index (χ2v) is 5.20. The average Bonchev–Trinajstić information content (AvgIpc) is 2.25. The molecule has 16 heavy (non-hydrogen) atoms. The van der Waals surface area contributed by atoms with Crippen LogP contribution in [0.4, 0.5) is 4.79 Å². The molecule has 0 aromatic heterocycles. The Morgan fingerprint density at radius 3 is 2.81 bits per heavy atom. The lowest BCUT2D eigenvalue weighted by atomic mass is 10.3. The predicted molar refractivity (Wildman–Crippen MR) is 60.5 cm³/mol. The standard InChI is InChI=1S/C9H16N2O4S/c1-6-4-11(2-3-16-6)9(15)10-7(5-12)8(13)14/h6-7,12H,2-5H2,1H3,(H,10,15)(H,13,14). The zero-order chi connectivity index (χ0) is 12.1. The molecule has 2 unspecified atom stereocenters. The molecule has 7 heteroatoms. The summed E-state index contributed by atoms with van der Waals surface area (Å²) in [5.74, 6) is -0.374. The zero-order valence-corrected chi connectivity index (χ0v) is 9.87. The van der Waals surface area contributed by atoms with Gasteiger partial charge in [-0.2, -0.15) is 11.8 Å². The normalized spacial score (nSPS) is 22.6. The molecule has 0 bridgehead atoms. The fourth-order valence-electron chi connectivity index (χ4n) is 1.43. The van der Waals surface area contributed by atoms with Gasteiger partial charge in [-0.3, -0.25) is 0 Å². The molecule has 0 aliphatic carbocycles. The number of carboxylic acid groups (broad SMARTS) is 1. The molecule has 0 saturated carbocycles. The van der Waals surface area contributed by atoms with E-state index in [-0.39, 0.29) is 0 Å². The fourth-order valence-corrected chi connectivity index (χ4v) is 2.44. The van der Waals surface area contributed by atoms with Gasteiger partial charge >= 0.3 is 12.0 Å². The summed E-state index contributed by atoms with van der Waals surface area (Å²) < 4.78 is 0. The molecule has 1 rings (SSSR count). The van der Waals surface area contributed by atoms with Crippen LogP contribution in [0, 0.1) is 0 Å². The van der Waals surface area contributed by atoms with Gasteiger partial charge in [-0.1, -0.05) is 6.92 Å². The molecule has 2 amide bonds. The first-order valence-corrected chi connectivity index (χ1v) is 6.10. The number of urea groups is 1. The first-order chi connectivity index (χ1) is 7.54. The molecule has 1 aliphatic heterocycles. The van der Waals surface area contributed by atoms with Gasteiger partial charge in [0.25, 0.3) is 0 Å². The lowest BCUT2D eigenvalue weighted by molar-refractivity contribution is -0.140. The fraction of sp³-hybridized carbons (Fsp3) is 0.778. The van der Waals surface area contributed by atoms with Crippen LogP contribution in [0.25, 0.3) is 0 Å². The van der Waals surface area contributed by atoms with Gasteiger partial charge in [-0.05, 0) is 0 Å². The summed E-state index contributed by atoms with van der Waals surface area (Å²) in [5, 5.41) is 20.1. The van der Waals surface area contributed by atoms with E-state index in [1.807, 2.05) is 6.92 Å². The Hall–Kier alpha value is -0.950. The van der Waals surface area contributed by atoms with E-state index in [4.69, 9.17) is 10.2 Å². The third-order valence-electron chi connectivity index (χ3n) is 2.31. The lowest BCUT2D eigenvalue weighted by Gasteiger charge is -2.31. The number of aliphatic carboxylic acids is 1. The summed E-state index contributed by atoms with van der Waals surface area (Å²) in [4.78, 5) is 23.8. The van der Waals surface area contributed by atoms with Gasteiger partial charge in [-0.15, -0.1) is 0 Å². The average molecular weight is 248 g/mol. The molecule has 3 N–H and O–H groups in total. The molecule has 0 spiro atoms. The van der Waals surface area contributed by atoms with E-state index >= 15 is 0 Å². The number of nitrogens with one attached hydrogen (secondary N) is 1. The van der Waals surface area contributed by atoms with Crippen LogP contribution in [0.1, 0.15) is 6.92 Å². The van der Waals surface area contributed by atoms with Crippen LogP contribution in [0.15, 0.2) is 0 Å². The van der Waals surface area contributed by atoms with Crippen molar-refractivity contribution in [2.24, 2.45) is 0 Å². The van der Waals surface area contributed by atoms with E-state index in [1.54, 1.807) is 16.7 Å². The van der Waals surface area contributed by atoms with Crippen molar-refractivity contribution >= 4 is 23.8 Å². The number of carbonyl (C=O) groups is 2. The monoisotopic (exact) mass is 248 g/mol. The molecule has 1 fully saturated rings. The highest BCUT2D eigenvalue weighted by molar-refractivity contribution is 7.99. The summed E-state index contributed by atoms with van der Waals surface area (Å²) >= 11 is 1.78. The summed E-state index contributed by atoms with van der Waals surface area (Å²) in [7, 11) is 0. The van der Waals surface area contributed by atoms with Crippen molar-refractivity contribution in [1.29, 1.82) is 0 Å². The Labute approximate surface area is 98.0 Å². The molecular formula is C9H16N2O4S. The molecule has 2 atom stereocenters. The van der Waals surface area contributed by atoms with E-state index in [2.05, 4.69) is 5.32 Å². The molecule has 92 valence electrons. The second kappa shape index (κ2) is 5.95. The molecule has 6 nitrogen and oxygen atoms in total. The number of amides is 2. The van der Waals surface area contributed by atoms with E-state index in [0.717, 1.165) is 5.75 Å². The van der Waals surface area contributed by atoms with Crippen LogP contribution in [0.2, 0.25) is 0 Å². The van der Waals surface area contributed by atoms with Crippen LogP contribution in [-0.2, 0) is 4.79 Å². The third kappa shape index (κ3) is 3.57.